The Labute approximate surface area is 97.1 Å². The number of nitrogens with one attached hydrogen (secondary N) is 1. The van der Waals surface area contributed by atoms with Gasteiger partial charge in [-0.1, -0.05) is 15.9 Å². The second-order valence-electron chi connectivity index (χ2n) is 3.70. The molecular weight excluding hydrogens is 254 g/mol. The van der Waals surface area contributed by atoms with E-state index < -0.39 is 0 Å². The molecule has 78 valence electrons. The van der Waals surface area contributed by atoms with Crippen molar-refractivity contribution in [3.8, 4) is 0 Å². The molecule has 0 bridgehead atoms. The third-order valence-corrected chi connectivity index (χ3v) is 2.45. The number of fused-ring (bicyclic) bond motifs is 1. The minimum Gasteiger partial charge on any atom is -0.352 e. The lowest BCUT2D eigenvalue weighted by Gasteiger charge is -2.08. The summed E-state index contributed by atoms with van der Waals surface area (Å²) in [5.74, 6) is 0.680. The van der Waals surface area contributed by atoms with Crippen molar-refractivity contribution in [2.45, 2.75) is 19.9 Å². The highest BCUT2D eigenvalue weighted by molar-refractivity contribution is 9.10. The van der Waals surface area contributed by atoms with Gasteiger partial charge in [0.05, 0.1) is 5.52 Å². The molecule has 0 atom stereocenters. The van der Waals surface area contributed by atoms with Crippen LogP contribution in [0.15, 0.2) is 28.9 Å². The molecule has 1 aromatic heterocycles. The van der Waals surface area contributed by atoms with E-state index in [4.69, 9.17) is 0 Å². The molecule has 0 aliphatic rings. The Morgan fingerprint density at radius 1 is 1.33 bits per heavy atom. The number of nitrogens with zero attached hydrogens (tertiary/aromatic N) is 2. The summed E-state index contributed by atoms with van der Waals surface area (Å²) in [4.78, 5) is 8.66. The summed E-state index contributed by atoms with van der Waals surface area (Å²) in [6, 6.07) is 6.31. The van der Waals surface area contributed by atoms with Crippen molar-refractivity contribution in [2.75, 3.05) is 5.32 Å². The van der Waals surface area contributed by atoms with Crippen LogP contribution in [0.2, 0.25) is 0 Å². The van der Waals surface area contributed by atoms with Crippen molar-refractivity contribution in [3.63, 3.8) is 0 Å². The van der Waals surface area contributed by atoms with Crippen LogP contribution >= 0.6 is 15.9 Å². The van der Waals surface area contributed by atoms with Crippen LogP contribution < -0.4 is 5.32 Å². The van der Waals surface area contributed by atoms with Crippen molar-refractivity contribution < 1.29 is 0 Å². The van der Waals surface area contributed by atoms with E-state index in [1.54, 1.807) is 0 Å². The molecule has 15 heavy (non-hydrogen) atoms. The molecule has 0 amide bonds. The highest BCUT2D eigenvalue weighted by Gasteiger charge is 2.01. The summed E-state index contributed by atoms with van der Waals surface area (Å²) >= 11 is 3.42. The van der Waals surface area contributed by atoms with Crippen LogP contribution in [0, 0.1) is 0 Å². The highest BCUT2D eigenvalue weighted by Crippen LogP contribution is 2.18. The van der Waals surface area contributed by atoms with Gasteiger partial charge in [-0.05, 0) is 32.0 Å². The molecule has 0 aliphatic carbocycles. The standard InChI is InChI=1S/C11H12BrN3/c1-7(2)14-11-13-6-8-5-9(12)3-4-10(8)15-11/h3-7H,1-2H3,(H,13,14,15). The van der Waals surface area contributed by atoms with E-state index in [0.29, 0.717) is 12.0 Å². The van der Waals surface area contributed by atoms with Gasteiger partial charge >= 0.3 is 0 Å². The lowest BCUT2D eigenvalue weighted by atomic mass is 10.2. The highest BCUT2D eigenvalue weighted by atomic mass is 79.9. The van der Waals surface area contributed by atoms with Crippen molar-refractivity contribution in [1.29, 1.82) is 0 Å². The van der Waals surface area contributed by atoms with E-state index in [-0.39, 0.29) is 0 Å². The predicted molar refractivity (Wildman–Crippen MR) is 66.0 cm³/mol. The molecule has 0 aliphatic heterocycles. The van der Waals surface area contributed by atoms with Crippen LogP contribution in [0.5, 0.6) is 0 Å². The van der Waals surface area contributed by atoms with Gasteiger partial charge in [0.1, 0.15) is 0 Å². The minimum absolute atomic E-state index is 0.345. The van der Waals surface area contributed by atoms with Gasteiger partial charge in [-0.2, -0.15) is 0 Å². The monoisotopic (exact) mass is 265 g/mol. The molecule has 2 aromatic rings. The third-order valence-electron chi connectivity index (χ3n) is 1.96. The molecule has 1 aromatic carbocycles. The van der Waals surface area contributed by atoms with Crippen LogP contribution in [0.3, 0.4) is 0 Å². The van der Waals surface area contributed by atoms with Gasteiger partial charge in [0.25, 0.3) is 0 Å². The summed E-state index contributed by atoms with van der Waals surface area (Å²) in [5.41, 5.74) is 0.955. The zero-order chi connectivity index (χ0) is 10.8. The summed E-state index contributed by atoms with van der Waals surface area (Å²) in [5, 5.41) is 4.22. The molecule has 0 saturated heterocycles. The largest absolute Gasteiger partial charge is 0.352 e. The number of hydrogen-bond donors (Lipinski definition) is 1. The van der Waals surface area contributed by atoms with E-state index in [0.717, 1.165) is 15.4 Å². The summed E-state index contributed by atoms with van der Waals surface area (Å²) in [6.07, 6.45) is 1.83. The Balaban J connectivity index is 2.43. The summed E-state index contributed by atoms with van der Waals surface area (Å²) in [6.45, 7) is 4.13. The van der Waals surface area contributed by atoms with Gasteiger partial charge in [-0.25, -0.2) is 9.97 Å². The summed E-state index contributed by atoms with van der Waals surface area (Å²) in [7, 11) is 0. The lowest BCUT2D eigenvalue weighted by molar-refractivity contribution is 0.878. The van der Waals surface area contributed by atoms with Crippen LogP contribution in [0.1, 0.15) is 13.8 Å². The Bertz CT molecular complexity index is 482. The SMILES string of the molecule is CC(C)Nc1ncc2cc(Br)ccc2n1. The number of hydrogen-bond acceptors (Lipinski definition) is 3. The zero-order valence-corrected chi connectivity index (χ0v) is 10.2. The van der Waals surface area contributed by atoms with Gasteiger partial charge in [0.2, 0.25) is 5.95 Å². The average Bonchev–Trinajstić information content (AvgIpc) is 2.17. The normalized spacial score (nSPS) is 10.9. The number of halogens is 1. The zero-order valence-electron chi connectivity index (χ0n) is 8.66. The van der Waals surface area contributed by atoms with E-state index in [1.165, 1.54) is 0 Å². The van der Waals surface area contributed by atoms with E-state index in [9.17, 15) is 0 Å². The fourth-order valence-corrected chi connectivity index (χ4v) is 1.71. The Morgan fingerprint density at radius 3 is 2.87 bits per heavy atom. The van der Waals surface area contributed by atoms with Crippen LogP contribution in [-0.2, 0) is 0 Å². The molecule has 1 heterocycles. The Kier molecular flexibility index (Phi) is 2.86. The maximum atomic E-state index is 4.41. The molecule has 0 saturated carbocycles. The molecule has 4 heteroatoms. The van der Waals surface area contributed by atoms with Gasteiger partial charge in [-0.15, -0.1) is 0 Å². The quantitative estimate of drug-likeness (QED) is 0.906. The first-order valence-electron chi connectivity index (χ1n) is 4.84. The molecule has 0 spiro atoms. The number of benzene rings is 1. The molecular formula is C11H12BrN3. The molecule has 0 unspecified atom stereocenters. The van der Waals surface area contributed by atoms with Crippen molar-refractivity contribution in [3.05, 3.63) is 28.9 Å². The number of anilines is 1. The lowest BCUT2D eigenvalue weighted by Crippen LogP contribution is -2.12. The van der Waals surface area contributed by atoms with Gasteiger partial charge in [0.15, 0.2) is 0 Å². The summed E-state index contributed by atoms with van der Waals surface area (Å²) < 4.78 is 1.04. The first kappa shape index (κ1) is 10.4. The van der Waals surface area contributed by atoms with E-state index in [2.05, 4.69) is 45.1 Å². The first-order valence-corrected chi connectivity index (χ1v) is 5.63. The predicted octanol–water partition coefficient (Wildman–Crippen LogP) is 3.21. The van der Waals surface area contributed by atoms with E-state index in [1.807, 2.05) is 24.4 Å². The second-order valence-corrected chi connectivity index (χ2v) is 4.61. The molecule has 1 N–H and O–H groups in total. The minimum atomic E-state index is 0.345. The first-order chi connectivity index (χ1) is 7.15. The van der Waals surface area contributed by atoms with Crippen LogP contribution in [0.25, 0.3) is 10.9 Å². The smallest absolute Gasteiger partial charge is 0.223 e. The van der Waals surface area contributed by atoms with Gasteiger partial charge in [0, 0.05) is 22.1 Å². The van der Waals surface area contributed by atoms with Crippen molar-refractivity contribution >= 4 is 32.8 Å². The molecule has 0 radical (unpaired) electrons. The van der Waals surface area contributed by atoms with Crippen molar-refractivity contribution in [1.82, 2.24) is 9.97 Å². The molecule has 2 rings (SSSR count). The van der Waals surface area contributed by atoms with Crippen LogP contribution in [-0.4, -0.2) is 16.0 Å². The van der Waals surface area contributed by atoms with E-state index >= 15 is 0 Å². The van der Waals surface area contributed by atoms with Crippen LogP contribution in [0.4, 0.5) is 5.95 Å². The fraction of sp³-hybridized carbons (Fsp3) is 0.273. The molecule has 0 fully saturated rings. The van der Waals surface area contributed by atoms with Gasteiger partial charge < -0.3 is 5.32 Å². The number of aromatic nitrogens is 2. The molecule has 3 nitrogen and oxygen atoms in total. The number of rotatable bonds is 2. The average molecular weight is 266 g/mol. The Morgan fingerprint density at radius 2 is 2.13 bits per heavy atom. The maximum absolute atomic E-state index is 4.41. The topological polar surface area (TPSA) is 37.8 Å². The third kappa shape index (κ3) is 2.45. The van der Waals surface area contributed by atoms with Crippen molar-refractivity contribution in [2.24, 2.45) is 0 Å². The maximum Gasteiger partial charge on any atom is 0.223 e. The Hall–Kier alpha value is -1.16. The fourth-order valence-electron chi connectivity index (χ4n) is 1.33. The second kappa shape index (κ2) is 4.14. The van der Waals surface area contributed by atoms with Gasteiger partial charge in [-0.3, -0.25) is 0 Å².